The first-order valence-electron chi connectivity index (χ1n) is 7.65. The summed E-state index contributed by atoms with van der Waals surface area (Å²) >= 11 is 0. The number of benzene rings is 1. The molecule has 29 heavy (non-hydrogen) atoms. The van der Waals surface area contributed by atoms with Gasteiger partial charge in [0.15, 0.2) is 11.6 Å². The molecule has 0 saturated heterocycles. The van der Waals surface area contributed by atoms with E-state index in [4.69, 9.17) is 0 Å². The molecule has 149 valence electrons. The minimum Gasteiger partial charge on any atom is -0.319 e. The van der Waals surface area contributed by atoms with Crippen LogP contribution in [0.4, 0.5) is 23.2 Å². The quantitative estimate of drug-likeness (QED) is 0.204. The summed E-state index contributed by atoms with van der Waals surface area (Å²) in [5.41, 5.74) is 0.0130. The summed E-state index contributed by atoms with van der Waals surface area (Å²) in [5.74, 6) is -3.06. The van der Waals surface area contributed by atoms with Gasteiger partial charge in [0.1, 0.15) is 7.05 Å². The molecule has 0 fully saturated rings. The first-order chi connectivity index (χ1) is 13.4. The van der Waals surface area contributed by atoms with Gasteiger partial charge in [-0.1, -0.05) is 11.6 Å². The van der Waals surface area contributed by atoms with Gasteiger partial charge in [-0.2, -0.15) is 0 Å². The molecule has 0 unspecified atom stereocenters. The molecule has 0 amide bonds. The Kier molecular flexibility index (Phi) is 7.55. The van der Waals surface area contributed by atoms with E-state index in [2.05, 4.69) is 38.2 Å². The Bertz CT molecular complexity index is 1110. The van der Waals surface area contributed by atoms with Crippen molar-refractivity contribution in [1.82, 2.24) is 15.0 Å². The molecule has 0 saturated carbocycles. The van der Waals surface area contributed by atoms with E-state index in [0.29, 0.717) is 0 Å². The van der Waals surface area contributed by atoms with E-state index < -0.39 is 23.5 Å². The van der Waals surface area contributed by atoms with E-state index in [1.807, 2.05) is 0 Å². The minimum atomic E-state index is -0.968. The van der Waals surface area contributed by atoms with Gasteiger partial charge in [0.25, 0.3) is 0 Å². The number of hydrogen-bond acceptors (Lipinski definition) is 4. The van der Waals surface area contributed by atoms with Gasteiger partial charge in [-0.15, -0.1) is 28.8 Å². The molecular weight excluding hydrogens is 568 g/mol. The maximum absolute atomic E-state index is 13.2. The predicted octanol–water partition coefficient (Wildman–Crippen LogP) is 2.80. The first kappa shape index (κ1) is 22.2. The Balaban J connectivity index is 0.000000200. The standard InChI is InChI=1S/C10H5F2N2.C8H5F2N4.Ir/c11-7-2-3-8(9(12)6-7)10-13-4-1-5-14-10;1-13-4-11-14(5-13)6-2-3-7(9)12-8(6)10;/h1-2,4-6H;3-4H,1H3;/q-1;+1;. The third-order valence-electron chi connectivity index (χ3n) is 3.18. The van der Waals surface area contributed by atoms with Crippen LogP contribution in [-0.2, 0) is 20.1 Å². The average molecular weight is 579 g/mol. The molecule has 3 heterocycles. The fraction of sp³-hybridized carbons (Fsp3) is 0.0556. The van der Waals surface area contributed by atoms with Crippen molar-refractivity contribution in [3.05, 3.63) is 72.3 Å². The van der Waals surface area contributed by atoms with Gasteiger partial charge in [0.2, 0.25) is 5.10 Å². The van der Waals surface area contributed by atoms with Crippen molar-refractivity contribution >= 4 is 18.0 Å². The summed E-state index contributed by atoms with van der Waals surface area (Å²) in [6, 6.07) is 11.9. The van der Waals surface area contributed by atoms with Gasteiger partial charge >= 0.3 is 12.3 Å². The van der Waals surface area contributed by atoms with Gasteiger partial charge in [-0.05, 0) is 6.07 Å². The van der Waals surface area contributed by atoms with Gasteiger partial charge in [0.05, 0.1) is 16.5 Å². The number of halogens is 4. The molecule has 2 aromatic heterocycles. The Morgan fingerprint density at radius 3 is 2.34 bits per heavy atom. The zero-order valence-electron chi connectivity index (χ0n) is 14.6. The molecule has 0 bridgehead atoms. The molecule has 0 spiro atoms. The molecule has 0 N–H and O–H groups in total. The van der Waals surface area contributed by atoms with Crippen molar-refractivity contribution < 1.29 is 46.9 Å². The van der Waals surface area contributed by atoms with Gasteiger partial charge in [-0.25, -0.2) is 0 Å². The van der Waals surface area contributed by atoms with Crippen LogP contribution in [0.25, 0.3) is 11.4 Å². The summed E-state index contributed by atoms with van der Waals surface area (Å²) in [7, 11) is 1.68. The van der Waals surface area contributed by atoms with Gasteiger partial charge < -0.3 is 4.98 Å². The van der Waals surface area contributed by atoms with Crippen LogP contribution in [0.15, 0.2) is 41.8 Å². The number of rotatable bonds is 2. The normalized spacial score (nSPS) is 11.8. The number of hydrazone groups is 1. The van der Waals surface area contributed by atoms with Crippen LogP contribution >= 0.6 is 0 Å². The maximum Gasteiger partial charge on any atom is 0.420 e. The van der Waals surface area contributed by atoms with E-state index in [1.165, 1.54) is 23.3 Å². The summed E-state index contributed by atoms with van der Waals surface area (Å²) in [4.78, 5) is 10.7. The molecule has 1 radical (unpaired) electrons. The topological polar surface area (TPSA) is 57.0 Å². The fourth-order valence-electron chi connectivity index (χ4n) is 2.00. The second-order valence-corrected chi connectivity index (χ2v) is 5.23. The summed E-state index contributed by atoms with van der Waals surface area (Å²) in [5, 5.41) is 3.77. The van der Waals surface area contributed by atoms with E-state index in [0.717, 1.165) is 22.9 Å². The molecule has 0 aliphatic carbocycles. The van der Waals surface area contributed by atoms with Crippen LogP contribution in [0, 0.1) is 35.7 Å². The molecule has 1 aliphatic heterocycles. The van der Waals surface area contributed by atoms with Crippen molar-refractivity contribution in [2.45, 2.75) is 0 Å². The SMILES string of the molecule is C[N+]1=C=[N+](c2[c-]cc(F)nc2F)N=C1.Fc1c[c-]c(-c2ncccn2)c(F)c1.[Ir]. The second kappa shape index (κ2) is 9.88. The van der Waals surface area contributed by atoms with E-state index >= 15 is 0 Å². The molecule has 6 nitrogen and oxygen atoms in total. The third kappa shape index (κ3) is 5.68. The molecule has 0 atom stereocenters. The molecule has 3 aromatic rings. The Morgan fingerprint density at radius 2 is 1.76 bits per heavy atom. The molecule has 1 aromatic carbocycles. The minimum absolute atomic E-state index is 0. The largest absolute Gasteiger partial charge is 0.420 e. The molecule has 4 rings (SSSR count). The third-order valence-corrected chi connectivity index (χ3v) is 3.18. The monoisotopic (exact) mass is 579 g/mol. The zero-order chi connectivity index (χ0) is 20.1. The van der Waals surface area contributed by atoms with Crippen molar-refractivity contribution in [3.8, 4) is 11.4 Å². The van der Waals surface area contributed by atoms with Crippen LogP contribution < -0.4 is 0 Å². The molecular formula is C18H10F4IrN6. The number of aromatic nitrogens is 3. The number of hydrogen-bond donors (Lipinski definition) is 0. The van der Waals surface area contributed by atoms with Crippen LogP contribution in [0.2, 0.25) is 0 Å². The average Bonchev–Trinajstić information content (AvgIpc) is 3.09. The van der Waals surface area contributed by atoms with E-state index in [-0.39, 0.29) is 37.2 Å². The van der Waals surface area contributed by atoms with Gasteiger partial charge in [0, 0.05) is 44.1 Å². The second-order valence-electron chi connectivity index (χ2n) is 5.23. The van der Waals surface area contributed by atoms with Crippen LogP contribution in [0.5, 0.6) is 0 Å². The van der Waals surface area contributed by atoms with Crippen LogP contribution in [0.1, 0.15) is 0 Å². The first-order valence-corrected chi connectivity index (χ1v) is 7.65. The van der Waals surface area contributed by atoms with E-state index in [9.17, 15) is 17.6 Å². The van der Waals surface area contributed by atoms with Crippen molar-refractivity contribution in [2.75, 3.05) is 7.05 Å². The zero-order valence-corrected chi connectivity index (χ0v) is 17.0. The summed E-state index contributed by atoms with van der Waals surface area (Å²) in [6.45, 7) is 0. The maximum atomic E-state index is 13.2. The Labute approximate surface area is 176 Å². The van der Waals surface area contributed by atoms with E-state index in [1.54, 1.807) is 13.1 Å². The van der Waals surface area contributed by atoms with Crippen LogP contribution in [-0.4, -0.2) is 43.6 Å². The Morgan fingerprint density at radius 1 is 1.03 bits per heavy atom. The smallest absolute Gasteiger partial charge is 0.319 e. The molecule has 1 aliphatic rings. The van der Waals surface area contributed by atoms with Gasteiger partial charge in [-0.3, -0.25) is 27.5 Å². The number of nitrogens with zero attached hydrogens (tertiary/aromatic N) is 6. The van der Waals surface area contributed by atoms with Crippen LogP contribution in [0.3, 0.4) is 0 Å². The summed E-state index contributed by atoms with van der Waals surface area (Å²) < 4.78 is 53.8. The summed E-state index contributed by atoms with van der Waals surface area (Å²) in [6.07, 6.45) is 4.40. The number of pyridine rings is 1. The fourth-order valence-corrected chi connectivity index (χ4v) is 2.00. The molecule has 11 heteroatoms. The van der Waals surface area contributed by atoms with Crippen molar-refractivity contribution in [3.63, 3.8) is 0 Å². The Hall–Kier alpha value is -3.13. The predicted molar refractivity (Wildman–Crippen MR) is 88.8 cm³/mol. The van der Waals surface area contributed by atoms with Crippen molar-refractivity contribution in [1.29, 1.82) is 0 Å². The van der Waals surface area contributed by atoms with Crippen molar-refractivity contribution in [2.24, 2.45) is 5.10 Å².